The highest BCUT2D eigenvalue weighted by atomic mass is 16.5. The standard InChI is InChI=1S/C17H21N5O2/c1-12-13(2)20-11-21-16(12)17(23)19-10-14-3-4-15(18-9-14)22-5-7-24-8-6-22/h3-4,9,11H,5-8,10H2,1-2H3,(H,19,23). The number of nitrogens with zero attached hydrogens (tertiary/aromatic N) is 4. The molecule has 1 aliphatic rings. The second kappa shape index (κ2) is 7.35. The van der Waals surface area contributed by atoms with Crippen molar-refractivity contribution < 1.29 is 9.53 Å². The molecule has 0 atom stereocenters. The van der Waals surface area contributed by atoms with Gasteiger partial charge in [0.2, 0.25) is 0 Å². The third kappa shape index (κ3) is 3.68. The minimum Gasteiger partial charge on any atom is -0.378 e. The van der Waals surface area contributed by atoms with Crippen LogP contribution in [0.1, 0.15) is 27.3 Å². The molecule has 1 N–H and O–H groups in total. The number of aryl methyl sites for hydroxylation is 1. The van der Waals surface area contributed by atoms with Crippen molar-refractivity contribution in [1.82, 2.24) is 20.3 Å². The molecule has 1 aliphatic heterocycles. The van der Waals surface area contributed by atoms with Gasteiger partial charge in [0, 0.05) is 37.1 Å². The fourth-order valence-corrected chi connectivity index (χ4v) is 2.53. The summed E-state index contributed by atoms with van der Waals surface area (Å²) in [6.45, 7) is 7.31. The fourth-order valence-electron chi connectivity index (χ4n) is 2.53. The van der Waals surface area contributed by atoms with Crippen molar-refractivity contribution in [2.45, 2.75) is 20.4 Å². The van der Waals surface area contributed by atoms with Crippen LogP contribution >= 0.6 is 0 Å². The Morgan fingerprint density at radius 1 is 1.21 bits per heavy atom. The number of pyridine rings is 1. The Bertz CT molecular complexity index is 711. The average Bonchev–Trinajstić information content (AvgIpc) is 2.63. The first-order valence-electron chi connectivity index (χ1n) is 7.99. The normalized spacial score (nSPS) is 14.5. The molecule has 0 aromatic carbocycles. The molecule has 7 nitrogen and oxygen atoms in total. The van der Waals surface area contributed by atoms with Crippen LogP contribution in [0.3, 0.4) is 0 Å². The third-order valence-corrected chi connectivity index (χ3v) is 4.15. The third-order valence-electron chi connectivity index (χ3n) is 4.15. The van der Waals surface area contributed by atoms with E-state index >= 15 is 0 Å². The summed E-state index contributed by atoms with van der Waals surface area (Å²) in [5.74, 6) is 0.742. The van der Waals surface area contributed by atoms with Crippen LogP contribution in [0.2, 0.25) is 0 Å². The first kappa shape index (κ1) is 16.3. The number of aromatic nitrogens is 3. The number of hydrogen-bond donors (Lipinski definition) is 1. The van der Waals surface area contributed by atoms with Crippen LogP contribution in [0.4, 0.5) is 5.82 Å². The summed E-state index contributed by atoms with van der Waals surface area (Å²) in [6.07, 6.45) is 3.21. The van der Waals surface area contributed by atoms with Crippen molar-refractivity contribution in [3.05, 3.63) is 47.2 Å². The number of hydrogen-bond acceptors (Lipinski definition) is 6. The monoisotopic (exact) mass is 327 g/mol. The second-order valence-corrected chi connectivity index (χ2v) is 5.74. The number of carbonyl (C=O) groups excluding carboxylic acids is 1. The van der Waals surface area contributed by atoms with Gasteiger partial charge in [0.15, 0.2) is 0 Å². The lowest BCUT2D eigenvalue weighted by Gasteiger charge is -2.27. The largest absolute Gasteiger partial charge is 0.378 e. The Balaban J connectivity index is 1.60. The topological polar surface area (TPSA) is 80.2 Å². The lowest BCUT2D eigenvalue weighted by atomic mass is 10.2. The maximum Gasteiger partial charge on any atom is 0.270 e. The van der Waals surface area contributed by atoms with Crippen molar-refractivity contribution in [1.29, 1.82) is 0 Å². The maximum atomic E-state index is 12.3. The Labute approximate surface area is 141 Å². The van der Waals surface area contributed by atoms with Gasteiger partial charge in [0.1, 0.15) is 17.8 Å². The summed E-state index contributed by atoms with van der Waals surface area (Å²) in [6, 6.07) is 3.96. The molecule has 1 saturated heterocycles. The predicted molar refractivity (Wildman–Crippen MR) is 89.9 cm³/mol. The van der Waals surface area contributed by atoms with Crippen LogP contribution in [0.15, 0.2) is 24.7 Å². The molecule has 0 bridgehead atoms. The Morgan fingerprint density at radius 2 is 2.00 bits per heavy atom. The van der Waals surface area contributed by atoms with E-state index in [1.54, 1.807) is 6.20 Å². The molecule has 1 fully saturated rings. The molecule has 2 aromatic heterocycles. The van der Waals surface area contributed by atoms with Gasteiger partial charge in [0.05, 0.1) is 13.2 Å². The van der Waals surface area contributed by atoms with E-state index < -0.39 is 0 Å². The van der Waals surface area contributed by atoms with E-state index in [2.05, 4.69) is 25.2 Å². The Kier molecular flexibility index (Phi) is 5.00. The van der Waals surface area contributed by atoms with Crippen LogP contribution in [-0.4, -0.2) is 47.2 Å². The molecule has 24 heavy (non-hydrogen) atoms. The number of rotatable bonds is 4. The van der Waals surface area contributed by atoms with Gasteiger partial charge in [-0.25, -0.2) is 15.0 Å². The molecule has 126 valence electrons. The quantitative estimate of drug-likeness (QED) is 0.910. The summed E-state index contributed by atoms with van der Waals surface area (Å²) < 4.78 is 5.34. The van der Waals surface area contributed by atoms with E-state index in [4.69, 9.17) is 4.74 Å². The summed E-state index contributed by atoms with van der Waals surface area (Å²) in [4.78, 5) is 27.1. The molecule has 0 aliphatic carbocycles. The van der Waals surface area contributed by atoms with Crippen molar-refractivity contribution in [3.8, 4) is 0 Å². The first-order valence-corrected chi connectivity index (χ1v) is 7.99. The second-order valence-electron chi connectivity index (χ2n) is 5.74. The minimum atomic E-state index is -0.199. The SMILES string of the molecule is Cc1ncnc(C(=O)NCc2ccc(N3CCOCC3)nc2)c1C. The molecule has 0 saturated carbocycles. The fraction of sp³-hybridized carbons (Fsp3) is 0.412. The zero-order chi connectivity index (χ0) is 16.9. The van der Waals surface area contributed by atoms with Crippen LogP contribution in [0.25, 0.3) is 0 Å². The van der Waals surface area contributed by atoms with E-state index in [-0.39, 0.29) is 5.91 Å². The molecular formula is C17H21N5O2. The van der Waals surface area contributed by atoms with E-state index in [0.29, 0.717) is 12.2 Å². The molecule has 3 rings (SSSR count). The van der Waals surface area contributed by atoms with Gasteiger partial charge in [0.25, 0.3) is 5.91 Å². The molecule has 0 radical (unpaired) electrons. The van der Waals surface area contributed by atoms with Crippen LogP contribution in [-0.2, 0) is 11.3 Å². The predicted octanol–water partition coefficient (Wildman–Crippen LogP) is 1.26. The van der Waals surface area contributed by atoms with Gasteiger partial charge in [-0.15, -0.1) is 0 Å². The molecule has 0 unspecified atom stereocenters. The number of anilines is 1. The maximum absolute atomic E-state index is 12.3. The van der Waals surface area contributed by atoms with Gasteiger partial charge in [-0.1, -0.05) is 6.07 Å². The van der Waals surface area contributed by atoms with Crippen molar-refractivity contribution in [2.24, 2.45) is 0 Å². The summed E-state index contributed by atoms with van der Waals surface area (Å²) in [7, 11) is 0. The zero-order valence-corrected chi connectivity index (χ0v) is 14.0. The Morgan fingerprint density at radius 3 is 2.71 bits per heavy atom. The van der Waals surface area contributed by atoms with Crippen molar-refractivity contribution in [3.63, 3.8) is 0 Å². The van der Waals surface area contributed by atoms with Crippen molar-refractivity contribution in [2.75, 3.05) is 31.2 Å². The van der Waals surface area contributed by atoms with Crippen molar-refractivity contribution >= 4 is 11.7 Å². The van der Waals surface area contributed by atoms with E-state index in [1.807, 2.05) is 26.0 Å². The van der Waals surface area contributed by atoms with E-state index in [1.165, 1.54) is 6.33 Å². The summed E-state index contributed by atoms with van der Waals surface area (Å²) in [5.41, 5.74) is 2.98. The number of carbonyl (C=O) groups is 1. The molecule has 7 heteroatoms. The number of morpholine rings is 1. The molecule has 0 spiro atoms. The lowest BCUT2D eigenvalue weighted by molar-refractivity contribution is 0.0945. The van der Waals surface area contributed by atoms with E-state index in [9.17, 15) is 4.79 Å². The minimum absolute atomic E-state index is 0.199. The molecule has 3 heterocycles. The number of amides is 1. The van der Waals surface area contributed by atoms with Gasteiger partial charge in [-0.05, 0) is 25.5 Å². The zero-order valence-electron chi connectivity index (χ0n) is 14.0. The molecular weight excluding hydrogens is 306 g/mol. The highest BCUT2D eigenvalue weighted by Crippen LogP contribution is 2.13. The van der Waals surface area contributed by atoms with Crippen LogP contribution in [0, 0.1) is 13.8 Å². The van der Waals surface area contributed by atoms with Gasteiger partial charge in [-0.2, -0.15) is 0 Å². The van der Waals surface area contributed by atoms with Gasteiger partial charge in [-0.3, -0.25) is 4.79 Å². The number of ether oxygens (including phenoxy) is 1. The van der Waals surface area contributed by atoms with Crippen LogP contribution in [0.5, 0.6) is 0 Å². The lowest BCUT2D eigenvalue weighted by Crippen LogP contribution is -2.36. The van der Waals surface area contributed by atoms with E-state index in [0.717, 1.165) is 48.9 Å². The average molecular weight is 327 g/mol. The first-order chi connectivity index (χ1) is 11.6. The summed E-state index contributed by atoms with van der Waals surface area (Å²) in [5, 5.41) is 2.88. The highest BCUT2D eigenvalue weighted by Gasteiger charge is 2.14. The smallest absolute Gasteiger partial charge is 0.270 e. The number of nitrogens with one attached hydrogen (secondary N) is 1. The van der Waals surface area contributed by atoms with Crippen LogP contribution < -0.4 is 10.2 Å². The molecule has 2 aromatic rings. The highest BCUT2D eigenvalue weighted by molar-refractivity contribution is 5.93. The Hall–Kier alpha value is -2.54. The van der Waals surface area contributed by atoms with Gasteiger partial charge >= 0.3 is 0 Å². The molecule has 1 amide bonds. The summed E-state index contributed by atoms with van der Waals surface area (Å²) >= 11 is 0. The van der Waals surface area contributed by atoms with Gasteiger partial charge < -0.3 is 15.0 Å².